The zero-order valence-electron chi connectivity index (χ0n) is 12.4. The fraction of sp³-hybridized carbons (Fsp3) is 0.769. The van der Waals surface area contributed by atoms with Gasteiger partial charge < -0.3 is 10.1 Å². The lowest BCUT2D eigenvalue weighted by Gasteiger charge is -2.34. The molecule has 112 valence electrons. The summed E-state index contributed by atoms with van der Waals surface area (Å²) < 4.78 is 5.52. The molecule has 4 N–H and O–H groups in total. The van der Waals surface area contributed by atoms with Gasteiger partial charge >= 0.3 is 6.01 Å². The van der Waals surface area contributed by atoms with Gasteiger partial charge in [-0.25, -0.2) is 5.84 Å². The number of aromatic nitrogens is 3. The third-order valence-corrected chi connectivity index (χ3v) is 3.46. The van der Waals surface area contributed by atoms with Gasteiger partial charge in [0.25, 0.3) is 0 Å². The molecule has 1 fully saturated rings. The van der Waals surface area contributed by atoms with Crippen molar-refractivity contribution in [2.24, 2.45) is 5.84 Å². The number of nitrogen functional groups attached to an aromatic ring is 1. The lowest BCUT2D eigenvalue weighted by Crippen LogP contribution is -2.37. The highest BCUT2D eigenvalue weighted by Gasteiger charge is 2.27. The molecule has 1 aliphatic rings. The van der Waals surface area contributed by atoms with Gasteiger partial charge in [-0.1, -0.05) is 19.3 Å². The van der Waals surface area contributed by atoms with Gasteiger partial charge in [0.1, 0.15) is 0 Å². The normalized spacial score (nSPS) is 17.9. The van der Waals surface area contributed by atoms with E-state index in [0.29, 0.717) is 11.9 Å². The van der Waals surface area contributed by atoms with E-state index in [1.807, 2.05) is 13.8 Å². The summed E-state index contributed by atoms with van der Waals surface area (Å²) in [5.41, 5.74) is 2.48. The molecule has 7 nitrogen and oxygen atoms in total. The van der Waals surface area contributed by atoms with E-state index >= 15 is 0 Å². The number of nitrogens with zero attached hydrogens (tertiary/aromatic N) is 3. The summed E-state index contributed by atoms with van der Waals surface area (Å²) in [6.45, 7) is 6.05. The third kappa shape index (κ3) is 3.93. The Labute approximate surface area is 119 Å². The van der Waals surface area contributed by atoms with Crippen LogP contribution in [0.3, 0.4) is 0 Å². The topological polar surface area (TPSA) is 98.0 Å². The van der Waals surface area contributed by atoms with E-state index in [-0.39, 0.29) is 17.7 Å². The summed E-state index contributed by atoms with van der Waals surface area (Å²) in [7, 11) is 0. The minimum absolute atomic E-state index is 0.00106. The fourth-order valence-corrected chi connectivity index (χ4v) is 2.47. The maximum absolute atomic E-state index is 5.52. The Hall–Kier alpha value is -1.63. The summed E-state index contributed by atoms with van der Waals surface area (Å²) in [5.74, 6) is 6.21. The molecule has 0 aliphatic heterocycles. The van der Waals surface area contributed by atoms with Crippen molar-refractivity contribution in [2.75, 3.05) is 10.7 Å². The minimum Gasteiger partial charge on any atom is -0.461 e. The number of hydrogen-bond acceptors (Lipinski definition) is 7. The van der Waals surface area contributed by atoms with Crippen molar-refractivity contribution in [3.05, 3.63) is 0 Å². The molecular weight excluding hydrogens is 256 g/mol. The molecule has 0 amide bonds. The molecule has 1 aromatic rings. The van der Waals surface area contributed by atoms with Crippen molar-refractivity contribution in [1.82, 2.24) is 15.0 Å². The summed E-state index contributed by atoms with van der Waals surface area (Å²) in [6, 6.07) is 0.282. The molecule has 0 radical (unpaired) electrons. The van der Waals surface area contributed by atoms with Crippen molar-refractivity contribution < 1.29 is 4.74 Å². The molecule has 1 heterocycles. The number of nitrogens with two attached hydrogens (primary N) is 1. The monoisotopic (exact) mass is 280 g/mol. The molecule has 0 saturated heterocycles. The molecule has 0 bridgehead atoms. The molecule has 20 heavy (non-hydrogen) atoms. The standard InChI is InChI=1S/C13H24N6O/c1-9(2)20-12-16-10(15-11(17-12)19-14)18-13(3)7-5-4-6-8-13/h9H,4-8,14H2,1-3H3,(H2,15,16,17,18,19). The number of rotatable bonds is 5. The molecule has 2 rings (SSSR count). The Morgan fingerprint density at radius 1 is 1.10 bits per heavy atom. The van der Waals surface area contributed by atoms with Gasteiger partial charge in [-0.15, -0.1) is 0 Å². The number of ether oxygens (including phenoxy) is 1. The van der Waals surface area contributed by atoms with Crippen molar-refractivity contribution >= 4 is 11.9 Å². The van der Waals surface area contributed by atoms with Crippen molar-refractivity contribution in [3.63, 3.8) is 0 Å². The summed E-state index contributed by atoms with van der Waals surface area (Å²) in [6.07, 6.45) is 5.99. The first-order valence-corrected chi connectivity index (χ1v) is 7.18. The van der Waals surface area contributed by atoms with Gasteiger partial charge in [0, 0.05) is 5.54 Å². The van der Waals surface area contributed by atoms with E-state index in [9.17, 15) is 0 Å². The van der Waals surface area contributed by atoms with Gasteiger partial charge in [0.15, 0.2) is 0 Å². The number of hydrazine groups is 1. The lowest BCUT2D eigenvalue weighted by atomic mass is 9.83. The highest BCUT2D eigenvalue weighted by molar-refractivity contribution is 5.37. The first kappa shape index (κ1) is 14.8. The van der Waals surface area contributed by atoms with Gasteiger partial charge in [-0.3, -0.25) is 5.43 Å². The predicted molar refractivity (Wildman–Crippen MR) is 78.5 cm³/mol. The van der Waals surface area contributed by atoms with Gasteiger partial charge in [-0.2, -0.15) is 15.0 Å². The van der Waals surface area contributed by atoms with Crippen LogP contribution in [0.25, 0.3) is 0 Å². The number of hydrogen-bond donors (Lipinski definition) is 3. The Kier molecular flexibility index (Phi) is 4.59. The molecule has 1 aliphatic carbocycles. The van der Waals surface area contributed by atoms with Crippen molar-refractivity contribution in [3.8, 4) is 6.01 Å². The SMILES string of the molecule is CC(C)Oc1nc(NN)nc(NC2(C)CCCCC2)n1. The second-order valence-corrected chi connectivity index (χ2v) is 5.82. The average Bonchev–Trinajstić information content (AvgIpc) is 2.37. The predicted octanol–water partition coefficient (Wildman–Crippen LogP) is 2.08. The number of anilines is 2. The van der Waals surface area contributed by atoms with Crippen molar-refractivity contribution in [2.45, 2.75) is 64.5 Å². The van der Waals surface area contributed by atoms with Crippen LogP contribution in [-0.4, -0.2) is 26.6 Å². The summed E-state index contributed by atoms with van der Waals surface area (Å²) in [5, 5.41) is 3.41. The second kappa shape index (κ2) is 6.21. The van der Waals surface area contributed by atoms with E-state index < -0.39 is 0 Å². The van der Waals surface area contributed by atoms with Gasteiger partial charge in [-0.05, 0) is 33.6 Å². The molecule has 1 aromatic heterocycles. The maximum Gasteiger partial charge on any atom is 0.323 e. The molecule has 0 atom stereocenters. The Balaban J connectivity index is 2.17. The second-order valence-electron chi connectivity index (χ2n) is 5.82. The Morgan fingerprint density at radius 2 is 1.75 bits per heavy atom. The van der Waals surface area contributed by atoms with E-state index in [1.54, 1.807) is 0 Å². The van der Waals surface area contributed by atoms with Gasteiger partial charge in [0.05, 0.1) is 6.10 Å². The zero-order valence-corrected chi connectivity index (χ0v) is 12.4. The Morgan fingerprint density at radius 3 is 2.35 bits per heavy atom. The Bertz CT molecular complexity index is 444. The zero-order chi connectivity index (χ0) is 14.6. The average molecular weight is 280 g/mol. The first-order chi connectivity index (χ1) is 9.50. The molecular formula is C13H24N6O. The lowest BCUT2D eigenvalue weighted by molar-refractivity contribution is 0.222. The molecule has 7 heteroatoms. The quantitative estimate of drug-likeness (QED) is 0.561. The van der Waals surface area contributed by atoms with Crippen LogP contribution >= 0.6 is 0 Å². The smallest absolute Gasteiger partial charge is 0.323 e. The van der Waals surface area contributed by atoms with E-state index in [2.05, 4.69) is 32.6 Å². The molecule has 0 spiro atoms. The van der Waals surface area contributed by atoms with Gasteiger partial charge in [0.2, 0.25) is 11.9 Å². The van der Waals surface area contributed by atoms with Crippen LogP contribution in [0.15, 0.2) is 0 Å². The highest BCUT2D eigenvalue weighted by atomic mass is 16.5. The number of nitrogens with one attached hydrogen (secondary N) is 2. The maximum atomic E-state index is 5.52. The van der Waals surface area contributed by atoms with Crippen LogP contribution < -0.4 is 21.3 Å². The summed E-state index contributed by atoms with van der Waals surface area (Å²) in [4.78, 5) is 12.6. The largest absolute Gasteiger partial charge is 0.461 e. The molecule has 0 unspecified atom stereocenters. The fourth-order valence-electron chi connectivity index (χ4n) is 2.47. The van der Waals surface area contributed by atoms with E-state index in [1.165, 1.54) is 19.3 Å². The van der Waals surface area contributed by atoms with Crippen molar-refractivity contribution in [1.29, 1.82) is 0 Å². The van der Waals surface area contributed by atoms with Crippen LogP contribution in [-0.2, 0) is 0 Å². The van der Waals surface area contributed by atoms with Crippen LogP contribution in [0.1, 0.15) is 52.9 Å². The molecule has 1 saturated carbocycles. The third-order valence-electron chi connectivity index (χ3n) is 3.46. The summed E-state index contributed by atoms with van der Waals surface area (Å²) >= 11 is 0. The highest BCUT2D eigenvalue weighted by Crippen LogP contribution is 2.30. The first-order valence-electron chi connectivity index (χ1n) is 7.18. The van der Waals surface area contributed by atoms with Crippen LogP contribution in [0, 0.1) is 0 Å². The molecule has 0 aromatic carbocycles. The van der Waals surface area contributed by atoms with E-state index in [4.69, 9.17) is 10.6 Å². The van der Waals surface area contributed by atoms with Crippen LogP contribution in [0.5, 0.6) is 6.01 Å². The van der Waals surface area contributed by atoms with Crippen LogP contribution in [0.4, 0.5) is 11.9 Å². The minimum atomic E-state index is 0.00106. The van der Waals surface area contributed by atoms with E-state index in [0.717, 1.165) is 12.8 Å². The van der Waals surface area contributed by atoms with Crippen LogP contribution in [0.2, 0.25) is 0 Å².